The average Bonchev–Trinajstić information content (AvgIpc) is 3.09. The highest BCUT2D eigenvalue weighted by Gasteiger charge is 2.33. The van der Waals surface area contributed by atoms with Crippen LogP contribution >= 0.6 is 11.3 Å². The molecule has 0 saturated heterocycles. The summed E-state index contributed by atoms with van der Waals surface area (Å²) >= 11 is 1.23. The molecule has 1 N–H and O–H groups in total. The largest absolute Gasteiger partial charge is 0.507 e. The van der Waals surface area contributed by atoms with Crippen LogP contribution < -0.4 is 14.9 Å². The van der Waals surface area contributed by atoms with Gasteiger partial charge < -0.3 is 9.84 Å². The first-order valence-electron chi connectivity index (χ1n) is 10.9. The van der Waals surface area contributed by atoms with Gasteiger partial charge in [0.15, 0.2) is 4.80 Å². The number of aromatic nitrogens is 1. The molecule has 2 aromatic carbocycles. The van der Waals surface area contributed by atoms with Crippen LogP contribution in [0.25, 0.3) is 6.08 Å². The molecule has 0 aliphatic carbocycles. The SMILES string of the molecule is CCOC(=O)C1=C(C)N=c2sc(=Cc3ccccc3O)c(=O)n2C1c1ccc(C(C)C)cc1. The lowest BCUT2D eigenvalue weighted by Gasteiger charge is -2.25. The predicted octanol–water partition coefficient (Wildman–Crippen LogP) is 3.63. The summed E-state index contributed by atoms with van der Waals surface area (Å²) in [5.74, 6) is -0.0272. The second-order valence-corrected chi connectivity index (χ2v) is 9.19. The van der Waals surface area contributed by atoms with Gasteiger partial charge in [0, 0.05) is 5.56 Å². The van der Waals surface area contributed by atoms with E-state index in [-0.39, 0.29) is 17.9 Å². The quantitative estimate of drug-likeness (QED) is 0.587. The van der Waals surface area contributed by atoms with E-state index in [1.165, 1.54) is 16.9 Å². The van der Waals surface area contributed by atoms with E-state index in [1.807, 2.05) is 24.3 Å². The van der Waals surface area contributed by atoms with E-state index in [9.17, 15) is 14.7 Å². The lowest BCUT2D eigenvalue weighted by Crippen LogP contribution is -2.39. The molecule has 6 nitrogen and oxygen atoms in total. The van der Waals surface area contributed by atoms with Crippen molar-refractivity contribution in [3.8, 4) is 5.75 Å². The molecule has 33 heavy (non-hydrogen) atoms. The van der Waals surface area contributed by atoms with Gasteiger partial charge in [-0.2, -0.15) is 0 Å². The monoisotopic (exact) mass is 462 g/mol. The van der Waals surface area contributed by atoms with Gasteiger partial charge in [0.2, 0.25) is 0 Å². The summed E-state index contributed by atoms with van der Waals surface area (Å²) in [4.78, 5) is 31.6. The predicted molar refractivity (Wildman–Crippen MR) is 129 cm³/mol. The molecule has 1 aliphatic rings. The zero-order valence-corrected chi connectivity index (χ0v) is 19.8. The molecule has 0 amide bonds. The molecule has 1 unspecified atom stereocenters. The lowest BCUT2D eigenvalue weighted by molar-refractivity contribution is -0.139. The van der Waals surface area contributed by atoms with E-state index in [0.717, 1.165) is 5.56 Å². The number of esters is 1. The highest BCUT2D eigenvalue weighted by Crippen LogP contribution is 2.31. The van der Waals surface area contributed by atoms with Gasteiger partial charge in [0.25, 0.3) is 5.56 Å². The first-order valence-corrected chi connectivity index (χ1v) is 11.7. The van der Waals surface area contributed by atoms with Crippen LogP contribution in [0.3, 0.4) is 0 Å². The summed E-state index contributed by atoms with van der Waals surface area (Å²) in [6, 6.07) is 14.2. The number of phenolic OH excluding ortho intramolecular Hbond substituents is 1. The lowest BCUT2D eigenvalue weighted by atomic mass is 9.93. The Balaban J connectivity index is 1.95. The Bertz CT molecular complexity index is 1410. The molecule has 1 atom stereocenters. The number of hydrogen-bond acceptors (Lipinski definition) is 6. The fourth-order valence-electron chi connectivity index (χ4n) is 3.92. The number of thiazole rings is 1. The number of allylic oxidation sites excluding steroid dienone is 1. The van der Waals surface area contributed by atoms with Gasteiger partial charge in [-0.3, -0.25) is 9.36 Å². The van der Waals surface area contributed by atoms with Crippen molar-refractivity contribution >= 4 is 23.4 Å². The van der Waals surface area contributed by atoms with E-state index < -0.39 is 12.0 Å². The van der Waals surface area contributed by atoms with Crippen LogP contribution in [0.15, 0.2) is 69.6 Å². The van der Waals surface area contributed by atoms with Crippen molar-refractivity contribution in [2.45, 2.75) is 39.7 Å². The summed E-state index contributed by atoms with van der Waals surface area (Å²) < 4.78 is 7.31. The second-order valence-electron chi connectivity index (χ2n) is 8.18. The van der Waals surface area contributed by atoms with Crippen LogP contribution in [-0.2, 0) is 9.53 Å². The molecule has 170 valence electrons. The zero-order valence-electron chi connectivity index (χ0n) is 19.0. The topological polar surface area (TPSA) is 80.9 Å². The molecule has 0 saturated carbocycles. The number of hydrogen-bond donors (Lipinski definition) is 1. The zero-order chi connectivity index (χ0) is 23.7. The maximum absolute atomic E-state index is 13.5. The minimum absolute atomic E-state index is 0.0903. The van der Waals surface area contributed by atoms with Crippen LogP contribution in [-0.4, -0.2) is 22.2 Å². The van der Waals surface area contributed by atoms with Crippen molar-refractivity contribution in [1.29, 1.82) is 0 Å². The number of nitrogens with zero attached hydrogens (tertiary/aromatic N) is 2. The average molecular weight is 463 g/mol. The Morgan fingerprint density at radius 1 is 1.21 bits per heavy atom. The molecule has 1 aromatic heterocycles. The van der Waals surface area contributed by atoms with Crippen molar-refractivity contribution in [3.63, 3.8) is 0 Å². The van der Waals surface area contributed by atoms with Crippen LogP contribution in [0.5, 0.6) is 5.75 Å². The third-order valence-corrected chi connectivity index (χ3v) is 6.64. The fourth-order valence-corrected chi connectivity index (χ4v) is 4.96. The number of benzene rings is 2. The molecule has 0 radical (unpaired) electrons. The Morgan fingerprint density at radius 3 is 2.55 bits per heavy atom. The van der Waals surface area contributed by atoms with Crippen LogP contribution in [0, 0.1) is 0 Å². The summed E-state index contributed by atoms with van der Waals surface area (Å²) in [5, 5.41) is 10.2. The number of carbonyl (C=O) groups excluding carboxylic acids is 1. The number of para-hydroxylation sites is 1. The number of phenols is 1. The van der Waals surface area contributed by atoms with Crippen LogP contribution in [0.2, 0.25) is 0 Å². The Labute approximate surface area is 195 Å². The van der Waals surface area contributed by atoms with Crippen molar-refractivity contribution in [2.75, 3.05) is 6.61 Å². The number of aromatic hydroxyl groups is 1. The third kappa shape index (κ3) is 4.28. The van der Waals surface area contributed by atoms with Gasteiger partial charge in [0.1, 0.15) is 5.75 Å². The Hall–Kier alpha value is -3.45. The highest BCUT2D eigenvalue weighted by molar-refractivity contribution is 7.07. The normalized spacial score (nSPS) is 16.0. The first-order chi connectivity index (χ1) is 15.8. The summed E-state index contributed by atoms with van der Waals surface area (Å²) in [5.41, 5.74) is 3.14. The minimum atomic E-state index is -0.645. The molecule has 2 heterocycles. The molecular weight excluding hydrogens is 436 g/mol. The number of carbonyl (C=O) groups is 1. The van der Waals surface area contributed by atoms with Crippen molar-refractivity contribution in [2.24, 2.45) is 4.99 Å². The molecule has 3 aromatic rings. The standard InChI is InChI=1S/C26H26N2O4S/c1-5-32-25(31)22-16(4)27-26-28(23(22)18-12-10-17(11-13-18)15(2)3)24(30)21(33-26)14-19-8-6-7-9-20(19)29/h6-15,23,29H,5H2,1-4H3. The smallest absolute Gasteiger partial charge is 0.338 e. The first kappa shape index (κ1) is 22.7. The van der Waals surface area contributed by atoms with E-state index in [0.29, 0.717) is 32.1 Å². The number of rotatable bonds is 5. The van der Waals surface area contributed by atoms with E-state index in [2.05, 4.69) is 18.8 Å². The van der Waals surface area contributed by atoms with E-state index >= 15 is 0 Å². The maximum atomic E-state index is 13.5. The molecular formula is C26H26N2O4S. The van der Waals surface area contributed by atoms with Gasteiger partial charge in [-0.1, -0.05) is 67.6 Å². The molecule has 0 bridgehead atoms. The third-order valence-electron chi connectivity index (χ3n) is 5.66. The molecule has 7 heteroatoms. The Kier molecular flexibility index (Phi) is 6.33. The highest BCUT2D eigenvalue weighted by atomic mass is 32.1. The van der Waals surface area contributed by atoms with Gasteiger partial charge in [0.05, 0.1) is 28.5 Å². The fraction of sp³-hybridized carbons (Fsp3) is 0.269. The van der Waals surface area contributed by atoms with E-state index in [1.54, 1.807) is 48.8 Å². The molecule has 0 fully saturated rings. The summed E-state index contributed by atoms with van der Waals surface area (Å²) in [6.45, 7) is 7.98. The number of fused-ring (bicyclic) bond motifs is 1. The van der Waals surface area contributed by atoms with Crippen LogP contribution in [0.4, 0.5) is 0 Å². The molecule has 0 spiro atoms. The van der Waals surface area contributed by atoms with Gasteiger partial charge >= 0.3 is 5.97 Å². The van der Waals surface area contributed by atoms with Crippen molar-refractivity contribution in [3.05, 3.63) is 96.2 Å². The van der Waals surface area contributed by atoms with Crippen LogP contribution in [0.1, 0.15) is 56.3 Å². The number of ether oxygens (including phenoxy) is 1. The molecule has 1 aliphatic heterocycles. The maximum Gasteiger partial charge on any atom is 0.338 e. The summed E-state index contributed by atoms with van der Waals surface area (Å²) in [6.07, 6.45) is 1.65. The molecule has 4 rings (SSSR count). The van der Waals surface area contributed by atoms with Gasteiger partial charge in [-0.25, -0.2) is 9.79 Å². The van der Waals surface area contributed by atoms with Gasteiger partial charge in [-0.15, -0.1) is 0 Å². The second kappa shape index (κ2) is 9.19. The summed E-state index contributed by atoms with van der Waals surface area (Å²) in [7, 11) is 0. The van der Waals surface area contributed by atoms with Crippen molar-refractivity contribution in [1.82, 2.24) is 4.57 Å². The van der Waals surface area contributed by atoms with Gasteiger partial charge in [-0.05, 0) is 43.0 Å². The van der Waals surface area contributed by atoms with E-state index in [4.69, 9.17) is 4.74 Å². The Morgan fingerprint density at radius 2 is 1.91 bits per heavy atom. The minimum Gasteiger partial charge on any atom is -0.507 e. The van der Waals surface area contributed by atoms with Crippen molar-refractivity contribution < 1.29 is 14.6 Å².